The fraction of sp³-hybridized carbons (Fsp3) is 0.333. The predicted molar refractivity (Wildman–Crippen MR) is 88.9 cm³/mol. The fourth-order valence-electron chi connectivity index (χ4n) is 3.00. The Morgan fingerprint density at radius 3 is 2.69 bits per heavy atom. The highest BCUT2D eigenvalue weighted by atomic mass is 19.4. The molecule has 1 amide bonds. The molecule has 0 aliphatic carbocycles. The van der Waals surface area contributed by atoms with Crippen molar-refractivity contribution >= 4 is 5.91 Å². The smallest absolute Gasteiger partial charge is 0.417 e. The first-order chi connectivity index (χ1) is 12.4. The molecule has 1 saturated heterocycles. The van der Waals surface area contributed by atoms with Gasteiger partial charge < -0.3 is 15.0 Å². The van der Waals surface area contributed by atoms with Gasteiger partial charge in [0.15, 0.2) is 0 Å². The van der Waals surface area contributed by atoms with E-state index >= 15 is 0 Å². The number of amides is 1. The number of alkyl halides is 3. The Labute approximate surface area is 148 Å². The largest absolute Gasteiger partial charge is 0.496 e. The normalized spacial score (nSPS) is 17.8. The predicted octanol–water partition coefficient (Wildman–Crippen LogP) is 2.90. The van der Waals surface area contributed by atoms with E-state index in [0.717, 1.165) is 17.7 Å². The van der Waals surface area contributed by atoms with Gasteiger partial charge in [0.05, 0.1) is 18.7 Å². The van der Waals surface area contributed by atoms with E-state index in [4.69, 9.17) is 4.74 Å². The van der Waals surface area contributed by atoms with E-state index in [-0.39, 0.29) is 11.7 Å². The zero-order chi connectivity index (χ0) is 18.7. The van der Waals surface area contributed by atoms with Crippen LogP contribution in [0, 0.1) is 0 Å². The number of para-hydroxylation sites is 1. The molecule has 1 aromatic carbocycles. The third kappa shape index (κ3) is 3.65. The number of carbonyl (C=O) groups is 1. The molecule has 1 aromatic heterocycles. The van der Waals surface area contributed by atoms with Crippen LogP contribution in [-0.2, 0) is 6.18 Å². The maximum absolute atomic E-state index is 12.9. The van der Waals surface area contributed by atoms with Crippen molar-refractivity contribution in [2.24, 2.45) is 0 Å². The maximum Gasteiger partial charge on any atom is 0.417 e. The fourth-order valence-corrected chi connectivity index (χ4v) is 3.00. The van der Waals surface area contributed by atoms with E-state index in [9.17, 15) is 18.0 Å². The summed E-state index contributed by atoms with van der Waals surface area (Å²) < 4.78 is 43.4. The second-order valence-corrected chi connectivity index (χ2v) is 5.89. The minimum Gasteiger partial charge on any atom is -0.496 e. The summed E-state index contributed by atoms with van der Waals surface area (Å²) in [5, 5.41) is 3.23. The van der Waals surface area contributed by atoms with Crippen molar-refractivity contribution in [2.75, 3.05) is 26.7 Å². The number of rotatable bonds is 3. The quantitative estimate of drug-likeness (QED) is 0.909. The minimum absolute atomic E-state index is 0.0141. The lowest BCUT2D eigenvalue weighted by Crippen LogP contribution is -2.49. The van der Waals surface area contributed by atoms with E-state index in [0.29, 0.717) is 31.6 Å². The molecule has 1 atom stereocenters. The summed E-state index contributed by atoms with van der Waals surface area (Å²) in [6, 6.07) is 9.07. The number of nitrogens with one attached hydrogen (secondary N) is 1. The van der Waals surface area contributed by atoms with Crippen molar-refractivity contribution in [1.82, 2.24) is 15.2 Å². The molecule has 2 aromatic rings. The van der Waals surface area contributed by atoms with E-state index in [1.54, 1.807) is 12.0 Å². The number of hydrogen-bond acceptors (Lipinski definition) is 4. The van der Waals surface area contributed by atoms with Crippen molar-refractivity contribution in [3.63, 3.8) is 0 Å². The zero-order valence-corrected chi connectivity index (χ0v) is 14.1. The molecule has 5 nitrogen and oxygen atoms in total. The Morgan fingerprint density at radius 1 is 1.27 bits per heavy atom. The summed E-state index contributed by atoms with van der Waals surface area (Å²) in [4.78, 5) is 18.2. The molecule has 1 fully saturated rings. The topological polar surface area (TPSA) is 54.5 Å². The average molecular weight is 365 g/mol. The van der Waals surface area contributed by atoms with Gasteiger partial charge in [0, 0.05) is 31.4 Å². The summed E-state index contributed by atoms with van der Waals surface area (Å²) >= 11 is 0. The van der Waals surface area contributed by atoms with Gasteiger partial charge in [-0.1, -0.05) is 18.2 Å². The zero-order valence-electron chi connectivity index (χ0n) is 14.1. The van der Waals surface area contributed by atoms with Crippen LogP contribution in [-0.4, -0.2) is 42.5 Å². The van der Waals surface area contributed by atoms with Crippen LogP contribution in [0.1, 0.15) is 27.7 Å². The molecule has 1 aliphatic heterocycles. The highest BCUT2D eigenvalue weighted by Crippen LogP contribution is 2.32. The standard InChI is InChI=1S/C18H18F3N3O2/c1-26-16-5-3-2-4-13(16)15-11-22-8-9-24(15)17(25)14-7-6-12(10-23-14)18(19,20)21/h2-7,10,15,22H,8-9,11H2,1H3. The van der Waals surface area contributed by atoms with Crippen molar-refractivity contribution < 1.29 is 22.7 Å². The van der Waals surface area contributed by atoms with E-state index in [1.165, 1.54) is 0 Å². The summed E-state index contributed by atoms with van der Waals surface area (Å²) in [7, 11) is 1.55. The average Bonchev–Trinajstić information content (AvgIpc) is 2.67. The van der Waals surface area contributed by atoms with E-state index in [2.05, 4.69) is 10.3 Å². The van der Waals surface area contributed by atoms with Crippen molar-refractivity contribution in [1.29, 1.82) is 0 Å². The van der Waals surface area contributed by atoms with Gasteiger partial charge in [-0.25, -0.2) is 0 Å². The first-order valence-corrected chi connectivity index (χ1v) is 8.09. The Balaban J connectivity index is 1.89. The van der Waals surface area contributed by atoms with Crippen molar-refractivity contribution in [3.05, 3.63) is 59.4 Å². The van der Waals surface area contributed by atoms with Gasteiger partial charge in [0.2, 0.25) is 0 Å². The summed E-state index contributed by atoms with van der Waals surface area (Å²) in [6.45, 7) is 1.54. The number of methoxy groups -OCH3 is 1. The van der Waals surface area contributed by atoms with Crippen LogP contribution in [0.5, 0.6) is 5.75 Å². The molecule has 26 heavy (non-hydrogen) atoms. The van der Waals surface area contributed by atoms with Crippen molar-refractivity contribution in [2.45, 2.75) is 12.2 Å². The number of hydrogen-bond donors (Lipinski definition) is 1. The van der Waals surface area contributed by atoms with Crippen LogP contribution in [0.2, 0.25) is 0 Å². The van der Waals surface area contributed by atoms with Gasteiger partial charge in [-0.2, -0.15) is 13.2 Å². The second-order valence-electron chi connectivity index (χ2n) is 5.89. The number of pyridine rings is 1. The molecular formula is C18H18F3N3O2. The lowest BCUT2D eigenvalue weighted by atomic mass is 10.0. The Morgan fingerprint density at radius 2 is 2.04 bits per heavy atom. The Hall–Kier alpha value is -2.61. The summed E-state index contributed by atoms with van der Waals surface area (Å²) in [5.74, 6) is 0.246. The number of halogens is 3. The molecule has 0 radical (unpaired) electrons. The van der Waals surface area contributed by atoms with Crippen LogP contribution in [0.25, 0.3) is 0 Å². The van der Waals surface area contributed by atoms with Gasteiger partial charge in [0.25, 0.3) is 5.91 Å². The molecule has 8 heteroatoms. The lowest BCUT2D eigenvalue weighted by molar-refractivity contribution is -0.137. The monoisotopic (exact) mass is 365 g/mol. The summed E-state index contributed by atoms with van der Waals surface area (Å²) in [6.07, 6.45) is -3.79. The first kappa shape index (κ1) is 18.2. The molecule has 1 N–H and O–H groups in total. The molecule has 1 unspecified atom stereocenters. The molecule has 0 bridgehead atoms. The summed E-state index contributed by atoms with van der Waals surface area (Å²) in [5.41, 5.74) is -0.0575. The van der Waals surface area contributed by atoms with E-state index in [1.807, 2.05) is 24.3 Å². The van der Waals surface area contributed by atoms with Gasteiger partial charge in [-0.3, -0.25) is 9.78 Å². The molecule has 1 aliphatic rings. The first-order valence-electron chi connectivity index (χ1n) is 8.09. The van der Waals surface area contributed by atoms with E-state index < -0.39 is 17.6 Å². The second kappa shape index (κ2) is 7.33. The Bertz CT molecular complexity index is 778. The third-order valence-corrected chi connectivity index (χ3v) is 4.31. The molecule has 0 spiro atoms. The van der Waals surface area contributed by atoms with Crippen LogP contribution in [0.3, 0.4) is 0 Å². The van der Waals surface area contributed by atoms with Crippen LogP contribution >= 0.6 is 0 Å². The number of carbonyl (C=O) groups excluding carboxylic acids is 1. The van der Waals surface area contributed by atoms with Crippen LogP contribution in [0.15, 0.2) is 42.6 Å². The minimum atomic E-state index is -4.48. The van der Waals surface area contributed by atoms with Crippen LogP contribution in [0.4, 0.5) is 13.2 Å². The number of nitrogens with zero attached hydrogens (tertiary/aromatic N) is 2. The van der Waals surface area contributed by atoms with Crippen LogP contribution < -0.4 is 10.1 Å². The highest BCUT2D eigenvalue weighted by molar-refractivity contribution is 5.92. The number of aromatic nitrogens is 1. The number of ether oxygens (including phenoxy) is 1. The van der Waals surface area contributed by atoms with Crippen molar-refractivity contribution in [3.8, 4) is 5.75 Å². The number of benzene rings is 1. The SMILES string of the molecule is COc1ccccc1C1CNCCN1C(=O)c1ccc(C(F)(F)F)cn1. The number of piperazine rings is 1. The molecule has 2 heterocycles. The molecule has 138 valence electrons. The van der Waals surface area contributed by atoms with Gasteiger partial charge in [0.1, 0.15) is 11.4 Å². The van der Waals surface area contributed by atoms with Gasteiger partial charge in [-0.15, -0.1) is 0 Å². The highest BCUT2D eigenvalue weighted by Gasteiger charge is 2.33. The molecule has 3 rings (SSSR count). The van der Waals surface area contributed by atoms with Gasteiger partial charge in [-0.05, 0) is 18.2 Å². The lowest BCUT2D eigenvalue weighted by Gasteiger charge is -2.36. The van der Waals surface area contributed by atoms with Gasteiger partial charge >= 0.3 is 6.18 Å². The maximum atomic E-state index is 12.9. The molecular weight excluding hydrogens is 347 g/mol. The third-order valence-electron chi connectivity index (χ3n) is 4.31. The molecule has 0 saturated carbocycles. The Kier molecular flexibility index (Phi) is 5.13.